The third-order valence-corrected chi connectivity index (χ3v) is 6.33. The van der Waals surface area contributed by atoms with Gasteiger partial charge >= 0.3 is 6.03 Å². The van der Waals surface area contributed by atoms with E-state index in [1.54, 1.807) is 30.3 Å². The smallest absolute Gasteiger partial charge is 0.323 e. The molecule has 1 heterocycles. The maximum absolute atomic E-state index is 12.6. The summed E-state index contributed by atoms with van der Waals surface area (Å²) in [5, 5.41) is 5.39. The highest BCUT2D eigenvalue weighted by Gasteiger charge is 2.25. The summed E-state index contributed by atoms with van der Waals surface area (Å²) in [7, 11) is -1.95. The highest BCUT2D eigenvalue weighted by molar-refractivity contribution is 7.89. The molecule has 27 heavy (non-hydrogen) atoms. The Morgan fingerprint density at radius 3 is 2.30 bits per heavy atom. The van der Waals surface area contributed by atoms with Crippen molar-refractivity contribution < 1.29 is 17.9 Å². The van der Waals surface area contributed by atoms with Crippen molar-refractivity contribution in [3.05, 3.63) is 48.5 Å². The number of benzene rings is 2. The molecule has 7 nitrogen and oxygen atoms in total. The highest BCUT2D eigenvalue weighted by atomic mass is 32.2. The number of sulfonamides is 1. The van der Waals surface area contributed by atoms with Gasteiger partial charge < -0.3 is 15.4 Å². The second kappa shape index (κ2) is 8.41. The Kier molecular flexibility index (Phi) is 5.98. The number of nitrogens with one attached hydrogen (secondary N) is 2. The summed E-state index contributed by atoms with van der Waals surface area (Å²) in [5.74, 6) is 0.552. The molecule has 2 aromatic rings. The Morgan fingerprint density at radius 2 is 1.63 bits per heavy atom. The molecule has 2 amide bonds. The molecule has 2 N–H and O–H groups in total. The summed E-state index contributed by atoms with van der Waals surface area (Å²) >= 11 is 0. The number of anilines is 2. The van der Waals surface area contributed by atoms with Crippen molar-refractivity contribution in [1.29, 1.82) is 0 Å². The largest absolute Gasteiger partial charge is 0.495 e. The number of piperidine rings is 1. The van der Waals surface area contributed by atoms with Crippen LogP contribution in [0.25, 0.3) is 0 Å². The standard InChI is InChI=1S/C19H23N3O4S/c1-26-18-8-4-3-7-17(18)21-19(23)20-15-9-11-16(12-10-15)27(24,25)22-13-5-2-6-14-22/h3-4,7-12H,2,5-6,13-14H2,1H3,(H2,20,21,23). The van der Waals surface area contributed by atoms with Crippen molar-refractivity contribution in [3.8, 4) is 5.75 Å². The quantitative estimate of drug-likeness (QED) is 0.819. The van der Waals surface area contributed by atoms with Crippen LogP contribution in [0.4, 0.5) is 16.2 Å². The van der Waals surface area contributed by atoms with Crippen LogP contribution in [0.2, 0.25) is 0 Å². The van der Waals surface area contributed by atoms with Gasteiger partial charge in [-0.1, -0.05) is 18.6 Å². The van der Waals surface area contributed by atoms with E-state index in [2.05, 4.69) is 10.6 Å². The van der Waals surface area contributed by atoms with Gasteiger partial charge in [-0.15, -0.1) is 0 Å². The zero-order chi connectivity index (χ0) is 19.3. The van der Waals surface area contributed by atoms with Gasteiger partial charge in [0.15, 0.2) is 0 Å². The molecule has 1 aliphatic rings. The number of hydrogen-bond acceptors (Lipinski definition) is 4. The van der Waals surface area contributed by atoms with Gasteiger partial charge in [-0.05, 0) is 49.2 Å². The minimum absolute atomic E-state index is 0.236. The van der Waals surface area contributed by atoms with Gasteiger partial charge in [-0.3, -0.25) is 0 Å². The van der Waals surface area contributed by atoms with E-state index in [4.69, 9.17) is 4.74 Å². The van der Waals surface area contributed by atoms with Gasteiger partial charge in [0.2, 0.25) is 10.0 Å². The monoisotopic (exact) mass is 389 g/mol. The topological polar surface area (TPSA) is 87.7 Å². The molecule has 0 aromatic heterocycles. The van der Waals surface area contributed by atoms with E-state index in [1.165, 1.54) is 23.5 Å². The molecule has 1 fully saturated rings. The minimum Gasteiger partial charge on any atom is -0.495 e. The van der Waals surface area contributed by atoms with Crippen molar-refractivity contribution in [2.24, 2.45) is 0 Å². The molecule has 1 saturated heterocycles. The van der Waals surface area contributed by atoms with Gasteiger partial charge in [0, 0.05) is 18.8 Å². The third-order valence-electron chi connectivity index (χ3n) is 4.42. The van der Waals surface area contributed by atoms with Gasteiger partial charge in [-0.25, -0.2) is 13.2 Å². The fourth-order valence-corrected chi connectivity index (χ4v) is 4.51. The Balaban J connectivity index is 1.66. The Bertz CT molecular complexity index is 891. The third kappa shape index (κ3) is 4.58. The number of ether oxygens (including phenoxy) is 1. The number of amides is 2. The summed E-state index contributed by atoms with van der Waals surface area (Å²) in [5.41, 5.74) is 1.04. The number of methoxy groups -OCH3 is 1. The molecular weight excluding hydrogens is 366 g/mol. The number of carbonyl (C=O) groups is 1. The predicted molar refractivity (Wildman–Crippen MR) is 105 cm³/mol. The maximum Gasteiger partial charge on any atom is 0.323 e. The lowest BCUT2D eigenvalue weighted by Gasteiger charge is -2.25. The number of para-hydroxylation sites is 2. The first-order valence-corrected chi connectivity index (χ1v) is 10.3. The first-order valence-electron chi connectivity index (χ1n) is 8.82. The number of nitrogens with zero attached hydrogens (tertiary/aromatic N) is 1. The van der Waals surface area contributed by atoms with Crippen LogP contribution in [0.5, 0.6) is 5.75 Å². The van der Waals surface area contributed by atoms with E-state index in [-0.39, 0.29) is 4.90 Å². The van der Waals surface area contributed by atoms with Crippen LogP contribution in [0, 0.1) is 0 Å². The molecule has 1 aliphatic heterocycles. The van der Waals surface area contributed by atoms with E-state index in [1.807, 2.05) is 6.07 Å². The molecule has 0 aliphatic carbocycles. The molecule has 144 valence electrons. The number of rotatable bonds is 5. The second-order valence-electron chi connectivity index (χ2n) is 6.27. The van der Waals surface area contributed by atoms with Crippen LogP contribution >= 0.6 is 0 Å². The Hall–Kier alpha value is -2.58. The fourth-order valence-electron chi connectivity index (χ4n) is 3.00. The predicted octanol–water partition coefficient (Wildman–Crippen LogP) is 3.51. The first kappa shape index (κ1) is 19.2. The fraction of sp³-hybridized carbons (Fsp3) is 0.316. The van der Waals surface area contributed by atoms with E-state index in [0.29, 0.717) is 30.2 Å². The molecule has 0 bridgehead atoms. The van der Waals surface area contributed by atoms with Crippen LogP contribution in [0.15, 0.2) is 53.4 Å². The molecule has 0 unspecified atom stereocenters. The summed E-state index contributed by atoms with van der Waals surface area (Å²) in [6.07, 6.45) is 2.85. The van der Waals surface area contributed by atoms with Crippen molar-refractivity contribution >= 4 is 27.4 Å². The molecule has 8 heteroatoms. The molecule has 2 aromatic carbocycles. The van der Waals surface area contributed by atoms with Crippen molar-refractivity contribution in [2.75, 3.05) is 30.8 Å². The van der Waals surface area contributed by atoms with Crippen LogP contribution in [0.3, 0.4) is 0 Å². The van der Waals surface area contributed by atoms with Gasteiger partial charge in [-0.2, -0.15) is 4.31 Å². The average Bonchev–Trinajstić information content (AvgIpc) is 2.69. The summed E-state index contributed by atoms with van der Waals surface area (Å²) in [6.45, 7) is 1.12. The average molecular weight is 389 g/mol. The van der Waals surface area contributed by atoms with Gasteiger partial charge in [0.1, 0.15) is 5.75 Å². The van der Waals surface area contributed by atoms with E-state index >= 15 is 0 Å². The number of hydrogen-bond donors (Lipinski definition) is 2. The van der Waals surface area contributed by atoms with E-state index in [9.17, 15) is 13.2 Å². The highest BCUT2D eigenvalue weighted by Crippen LogP contribution is 2.24. The summed E-state index contributed by atoms with van der Waals surface area (Å²) in [6, 6.07) is 12.8. The second-order valence-corrected chi connectivity index (χ2v) is 8.21. The lowest BCUT2D eigenvalue weighted by molar-refractivity contribution is 0.262. The van der Waals surface area contributed by atoms with Gasteiger partial charge in [0.05, 0.1) is 17.7 Å². The van der Waals surface area contributed by atoms with Crippen LogP contribution in [-0.4, -0.2) is 39.0 Å². The molecular formula is C19H23N3O4S. The Labute approximate surface area is 159 Å². The molecule has 0 atom stereocenters. The van der Waals surface area contributed by atoms with Gasteiger partial charge in [0.25, 0.3) is 0 Å². The first-order chi connectivity index (χ1) is 13.0. The van der Waals surface area contributed by atoms with Crippen molar-refractivity contribution in [1.82, 2.24) is 4.31 Å². The van der Waals surface area contributed by atoms with Crippen LogP contribution in [-0.2, 0) is 10.0 Å². The SMILES string of the molecule is COc1ccccc1NC(=O)Nc1ccc(S(=O)(=O)N2CCCCC2)cc1. The molecule has 0 saturated carbocycles. The van der Waals surface area contributed by atoms with Crippen LogP contribution in [0.1, 0.15) is 19.3 Å². The van der Waals surface area contributed by atoms with E-state index in [0.717, 1.165) is 19.3 Å². The zero-order valence-electron chi connectivity index (χ0n) is 15.1. The molecule has 0 radical (unpaired) electrons. The summed E-state index contributed by atoms with van der Waals surface area (Å²) in [4.78, 5) is 12.4. The normalized spacial score (nSPS) is 15.1. The lowest BCUT2D eigenvalue weighted by Crippen LogP contribution is -2.35. The maximum atomic E-state index is 12.6. The van der Waals surface area contributed by atoms with Crippen molar-refractivity contribution in [2.45, 2.75) is 24.2 Å². The van der Waals surface area contributed by atoms with E-state index < -0.39 is 16.1 Å². The van der Waals surface area contributed by atoms with Crippen molar-refractivity contribution in [3.63, 3.8) is 0 Å². The number of carbonyl (C=O) groups excluding carboxylic acids is 1. The molecule has 0 spiro atoms. The minimum atomic E-state index is -3.48. The van der Waals surface area contributed by atoms with Crippen LogP contribution < -0.4 is 15.4 Å². The Morgan fingerprint density at radius 1 is 0.963 bits per heavy atom. The zero-order valence-corrected chi connectivity index (χ0v) is 16.0. The lowest BCUT2D eigenvalue weighted by atomic mass is 10.2. The molecule has 3 rings (SSSR count). The summed E-state index contributed by atoms with van der Waals surface area (Å²) < 4.78 is 32.0. The number of urea groups is 1.